The Labute approximate surface area is 223 Å². The topological polar surface area (TPSA) is 109 Å². The maximum Gasteiger partial charge on any atom is 0.494 e. The molecule has 12 heteroatoms. The van der Waals surface area contributed by atoms with Crippen LogP contribution in [0.5, 0.6) is 0 Å². The zero-order valence-electron chi connectivity index (χ0n) is 21.0. The van der Waals surface area contributed by atoms with Crippen LogP contribution in [0, 0.1) is 11.6 Å². The molecule has 8 nitrogen and oxygen atoms in total. The number of halogens is 2. The van der Waals surface area contributed by atoms with E-state index >= 15 is 4.39 Å². The van der Waals surface area contributed by atoms with E-state index in [9.17, 15) is 22.6 Å². The van der Waals surface area contributed by atoms with E-state index in [-0.39, 0.29) is 46.3 Å². The molecule has 0 radical (unpaired) electrons. The van der Waals surface area contributed by atoms with Crippen LogP contribution >= 0.6 is 0 Å². The highest BCUT2D eigenvalue weighted by atomic mass is 32.2. The molecule has 3 aromatic carbocycles. The number of fused-ring (bicyclic) bond motifs is 2. The number of amides is 1. The van der Waals surface area contributed by atoms with E-state index in [0.29, 0.717) is 22.1 Å². The van der Waals surface area contributed by atoms with Gasteiger partial charge >= 0.3 is 7.12 Å². The van der Waals surface area contributed by atoms with Crippen LogP contribution in [0.15, 0.2) is 52.9 Å². The van der Waals surface area contributed by atoms with Gasteiger partial charge in [0, 0.05) is 29.5 Å². The van der Waals surface area contributed by atoms with Gasteiger partial charge in [0.2, 0.25) is 10.0 Å². The number of carbonyl (C=O) groups is 1. The highest BCUT2D eigenvalue weighted by Gasteiger charge is 2.36. The zero-order valence-corrected chi connectivity index (χ0v) is 21.8. The smallest absolute Gasteiger partial charge is 0.455 e. The van der Waals surface area contributed by atoms with Crippen LogP contribution < -0.4 is 15.1 Å². The van der Waals surface area contributed by atoms with Crippen LogP contribution in [0.4, 0.5) is 20.2 Å². The molecule has 4 aromatic rings. The van der Waals surface area contributed by atoms with Crippen LogP contribution in [-0.2, 0) is 21.3 Å². The predicted octanol–water partition coefficient (Wildman–Crippen LogP) is 3.93. The van der Waals surface area contributed by atoms with Gasteiger partial charge in [-0.15, -0.1) is 0 Å². The summed E-state index contributed by atoms with van der Waals surface area (Å²) in [6.45, 7) is -0.0674. The second kappa shape index (κ2) is 9.18. The normalized spacial score (nSPS) is 15.1. The molecule has 200 valence electrons. The van der Waals surface area contributed by atoms with Crippen molar-refractivity contribution < 1.29 is 36.1 Å². The van der Waals surface area contributed by atoms with Crippen molar-refractivity contribution in [3.8, 4) is 11.3 Å². The lowest BCUT2D eigenvalue weighted by Crippen LogP contribution is -2.32. The predicted molar refractivity (Wildman–Crippen MR) is 143 cm³/mol. The first-order valence-electron chi connectivity index (χ1n) is 12.3. The summed E-state index contributed by atoms with van der Waals surface area (Å²) in [6.07, 6.45) is 2.64. The van der Waals surface area contributed by atoms with Gasteiger partial charge in [-0.05, 0) is 72.4 Å². The second-order valence-corrected chi connectivity index (χ2v) is 11.6. The van der Waals surface area contributed by atoms with E-state index in [4.69, 9.17) is 9.07 Å². The summed E-state index contributed by atoms with van der Waals surface area (Å²) >= 11 is 0. The molecule has 0 bridgehead atoms. The second-order valence-electron chi connectivity index (χ2n) is 9.76. The summed E-state index contributed by atoms with van der Waals surface area (Å²) in [5.74, 6) is -1.41. The van der Waals surface area contributed by atoms with Crippen molar-refractivity contribution in [1.29, 1.82) is 0 Å². The summed E-state index contributed by atoms with van der Waals surface area (Å²) in [5, 5.41) is 13.0. The third-order valence-electron chi connectivity index (χ3n) is 7.04. The third-order valence-corrected chi connectivity index (χ3v) is 8.11. The molecule has 0 unspecified atom stereocenters. The number of carbonyl (C=O) groups excluding carboxylic acids is 1. The first kappa shape index (κ1) is 25.5. The molecule has 2 heterocycles. The van der Waals surface area contributed by atoms with Crippen molar-refractivity contribution >= 4 is 50.9 Å². The summed E-state index contributed by atoms with van der Waals surface area (Å²) in [5.41, 5.74) is 2.27. The van der Waals surface area contributed by atoms with Gasteiger partial charge in [-0.2, -0.15) is 0 Å². The van der Waals surface area contributed by atoms with Crippen LogP contribution in [0.3, 0.4) is 0 Å². The molecule has 2 aliphatic rings. The summed E-state index contributed by atoms with van der Waals surface area (Å²) in [6, 6.07) is 11.3. The van der Waals surface area contributed by atoms with Crippen LogP contribution in [0.25, 0.3) is 22.3 Å². The van der Waals surface area contributed by atoms with Gasteiger partial charge < -0.3 is 19.4 Å². The van der Waals surface area contributed by atoms with E-state index < -0.39 is 34.7 Å². The van der Waals surface area contributed by atoms with Crippen molar-refractivity contribution in [2.75, 3.05) is 17.6 Å². The van der Waals surface area contributed by atoms with Gasteiger partial charge in [-0.1, -0.05) is 0 Å². The highest BCUT2D eigenvalue weighted by Crippen LogP contribution is 2.49. The number of hydrogen-bond acceptors (Lipinski definition) is 6. The van der Waals surface area contributed by atoms with Gasteiger partial charge in [-0.3, -0.25) is 4.79 Å². The fraction of sp³-hybridized carbons (Fsp3) is 0.222. The largest absolute Gasteiger partial charge is 0.494 e. The third kappa shape index (κ3) is 4.38. The standard InChI is InChI=1S/C27H23BF2N2O6S/c1-31-27(33)24-20-11-19(14-3-4-14)22(12-23(20)38-26(24)15-5-7-17(29)8-6-15)32(39(2,35)36)18-9-16-13-37-28(34)25(16)21(30)10-18/h5-12,14,34H,3-4,13H2,1-2H3,(H,31,33). The van der Waals surface area contributed by atoms with Gasteiger partial charge in [0.05, 0.1) is 29.8 Å². The Morgan fingerprint density at radius 3 is 2.49 bits per heavy atom. The average Bonchev–Trinajstić information content (AvgIpc) is 3.56. The summed E-state index contributed by atoms with van der Waals surface area (Å²) in [4.78, 5) is 13.0. The number of anilines is 2. The van der Waals surface area contributed by atoms with Gasteiger partial charge in [-0.25, -0.2) is 21.5 Å². The fourth-order valence-electron chi connectivity index (χ4n) is 5.13. The minimum atomic E-state index is -4.00. The van der Waals surface area contributed by atoms with Crippen LogP contribution in [0.1, 0.15) is 40.2 Å². The highest BCUT2D eigenvalue weighted by molar-refractivity contribution is 7.92. The maximum atomic E-state index is 15.0. The molecular weight excluding hydrogens is 529 g/mol. The minimum absolute atomic E-state index is 0.0183. The average molecular weight is 552 g/mol. The molecule has 0 spiro atoms. The van der Waals surface area contributed by atoms with E-state index in [2.05, 4.69) is 5.32 Å². The molecule has 39 heavy (non-hydrogen) atoms. The minimum Gasteiger partial charge on any atom is -0.455 e. The number of sulfonamides is 1. The molecule has 2 N–H and O–H groups in total. The molecule has 6 rings (SSSR count). The van der Waals surface area contributed by atoms with E-state index in [0.717, 1.165) is 29.5 Å². The quantitative estimate of drug-likeness (QED) is 0.351. The molecule has 0 saturated heterocycles. The van der Waals surface area contributed by atoms with E-state index in [1.165, 1.54) is 37.4 Å². The maximum absolute atomic E-state index is 15.0. The molecular formula is C27H23BF2N2O6S. The Morgan fingerprint density at radius 1 is 1.13 bits per heavy atom. The fourth-order valence-corrected chi connectivity index (χ4v) is 6.14. The van der Waals surface area contributed by atoms with Crippen LogP contribution in [0.2, 0.25) is 0 Å². The number of benzene rings is 3. The van der Waals surface area contributed by atoms with E-state index in [1.807, 2.05) is 0 Å². The van der Waals surface area contributed by atoms with Gasteiger partial charge in [0.1, 0.15) is 23.0 Å². The van der Waals surface area contributed by atoms with Crippen molar-refractivity contribution in [1.82, 2.24) is 5.32 Å². The zero-order chi connectivity index (χ0) is 27.6. The Morgan fingerprint density at radius 2 is 1.85 bits per heavy atom. The Bertz CT molecular complexity index is 1750. The molecule has 1 saturated carbocycles. The summed E-state index contributed by atoms with van der Waals surface area (Å²) in [7, 11) is -3.93. The van der Waals surface area contributed by atoms with Crippen molar-refractivity contribution in [2.24, 2.45) is 0 Å². The lowest BCUT2D eigenvalue weighted by Gasteiger charge is -2.26. The molecule has 1 aliphatic carbocycles. The van der Waals surface area contributed by atoms with Gasteiger partial charge in [0.15, 0.2) is 0 Å². The van der Waals surface area contributed by atoms with E-state index in [1.54, 1.807) is 12.1 Å². The lowest BCUT2D eigenvalue weighted by molar-refractivity contribution is 0.0964. The Kier molecular flexibility index (Phi) is 6.01. The molecule has 1 aromatic heterocycles. The number of hydrogen-bond donors (Lipinski definition) is 2. The molecule has 0 atom stereocenters. The Hall–Kier alpha value is -3.74. The number of nitrogens with zero attached hydrogens (tertiary/aromatic N) is 1. The SMILES string of the molecule is CNC(=O)c1c(-c2ccc(F)cc2)oc2cc(N(c3cc(F)c4c(c3)COB4O)S(C)(=O)=O)c(C3CC3)cc12. The summed E-state index contributed by atoms with van der Waals surface area (Å²) < 4.78 is 67.4. The number of furan rings is 1. The molecule has 1 fully saturated rings. The Balaban J connectivity index is 1.61. The molecule has 1 amide bonds. The van der Waals surface area contributed by atoms with Crippen molar-refractivity contribution in [3.63, 3.8) is 0 Å². The first-order valence-corrected chi connectivity index (χ1v) is 14.1. The van der Waals surface area contributed by atoms with Crippen LogP contribution in [-0.4, -0.2) is 39.8 Å². The first-order chi connectivity index (χ1) is 18.6. The van der Waals surface area contributed by atoms with Gasteiger partial charge in [0.25, 0.3) is 5.91 Å². The van der Waals surface area contributed by atoms with Crippen molar-refractivity contribution in [2.45, 2.75) is 25.4 Å². The van der Waals surface area contributed by atoms with Crippen molar-refractivity contribution in [3.05, 3.63) is 76.9 Å². The number of nitrogens with one attached hydrogen (secondary N) is 1. The lowest BCUT2D eigenvalue weighted by atomic mass is 9.79. The number of rotatable bonds is 6. The molecule has 1 aliphatic heterocycles. The monoisotopic (exact) mass is 552 g/mol.